The molecule has 0 fully saturated rings. The van der Waals surface area contributed by atoms with Crippen LogP contribution < -0.4 is 10.1 Å². The van der Waals surface area contributed by atoms with E-state index in [1.807, 2.05) is 12.1 Å². The summed E-state index contributed by atoms with van der Waals surface area (Å²) in [5, 5.41) is 3.30. The van der Waals surface area contributed by atoms with E-state index in [2.05, 4.69) is 11.4 Å². The molecule has 4 nitrogen and oxygen atoms in total. The molecule has 1 N–H and O–H groups in total. The first-order valence-electron chi connectivity index (χ1n) is 6.81. The van der Waals surface area contributed by atoms with Crippen LogP contribution in [0.25, 0.3) is 0 Å². The van der Waals surface area contributed by atoms with Gasteiger partial charge in [-0.05, 0) is 41.5 Å². The van der Waals surface area contributed by atoms with Gasteiger partial charge in [-0.15, -0.1) is 0 Å². The molecule has 0 spiro atoms. The van der Waals surface area contributed by atoms with Gasteiger partial charge in [0.05, 0.1) is 11.5 Å². The Labute approximate surface area is 124 Å². The Morgan fingerprint density at radius 3 is 2.62 bits per heavy atom. The average Bonchev–Trinajstić information content (AvgIpc) is 2.92. The van der Waals surface area contributed by atoms with E-state index in [0.29, 0.717) is 11.4 Å². The van der Waals surface area contributed by atoms with E-state index in [1.165, 1.54) is 17.4 Å². The highest BCUT2D eigenvalue weighted by Crippen LogP contribution is 2.26. The lowest BCUT2D eigenvalue weighted by Crippen LogP contribution is -2.01. The second-order valence-electron chi connectivity index (χ2n) is 5.19. The number of fused-ring (bicyclic) bond motifs is 1. The van der Waals surface area contributed by atoms with Crippen LogP contribution in [0.1, 0.15) is 11.1 Å². The third-order valence-electron chi connectivity index (χ3n) is 3.53. The summed E-state index contributed by atoms with van der Waals surface area (Å²) in [5.41, 5.74) is 3.34. The van der Waals surface area contributed by atoms with Crippen molar-refractivity contribution >= 4 is 15.5 Å². The van der Waals surface area contributed by atoms with E-state index >= 15 is 0 Å². The molecule has 21 heavy (non-hydrogen) atoms. The fourth-order valence-corrected chi connectivity index (χ4v) is 3.00. The fourth-order valence-electron chi connectivity index (χ4n) is 2.37. The summed E-state index contributed by atoms with van der Waals surface area (Å²) in [7, 11) is -3.14. The number of hydrogen-bond acceptors (Lipinski definition) is 4. The predicted octanol–water partition coefficient (Wildman–Crippen LogP) is 2.64. The van der Waals surface area contributed by atoms with Crippen LogP contribution in [0.3, 0.4) is 0 Å². The maximum absolute atomic E-state index is 11.4. The zero-order valence-corrected chi connectivity index (χ0v) is 12.6. The highest BCUT2D eigenvalue weighted by molar-refractivity contribution is 7.90. The smallest absolute Gasteiger partial charge is 0.175 e. The Morgan fingerprint density at radius 1 is 1.14 bits per heavy atom. The Morgan fingerprint density at radius 2 is 1.90 bits per heavy atom. The Kier molecular flexibility index (Phi) is 3.59. The molecule has 0 aromatic heterocycles. The highest BCUT2D eigenvalue weighted by atomic mass is 32.2. The summed E-state index contributed by atoms with van der Waals surface area (Å²) in [6, 6.07) is 13.0. The molecular weight excluding hydrogens is 286 g/mol. The van der Waals surface area contributed by atoms with Gasteiger partial charge in [0.15, 0.2) is 9.84 Å². The van der Waals surface area contributed by atoms with Crippen molar-refractivity contribution < 1.29 is 13.2 Å². The summed E-state index contributed by atoms with van der Waals surface area (Å²) in [6.07, 6.45) is 2.17. The van der Waals surface area contributed by atoms with Crippen molar-refractivity contribution in [3.63, 3.8) is 0 Å². The van der Waals surface area contributed by atoms with Crippen molar-refractivity contribution in [2.75, 3.05) is 18.2 Å². The van der Waals surface area contributed by atoms with Gasteiger partial charge in [-0.2, -0.15) is 0 Å². The van der Waals surface area contributed by atoms with Crippen molar-refractivity contribution in [2.24, 2.45) is 0 Å². The quantitative estimate of drug-likeness (QED) is 0.943. The molecule has 0 amide bonds. The molecule has 0 unspecified atom stereocenters. The molecule has 0 saturated carbocycles. The van der Waals surface area contributed by atoms with Crippen molar-refractivity contribution in [1.29, 1.82) is 0 Å². The number of rotatable bonds is 4. The van der Waals surface area contributed by atoms with Crippen molar-refractivity contribution in [2.45, 2.75) is 17.9 Å². The minimum atomic E-state index is -3.14. The van der Waals surface area contributed by atoms with E-state index in [-0.39, 0.29) is 0 Å². The van der Waals surface area contributed by atoms with Crippen LogP contribution in [0.5, 0.6) is 5.75 Å². The predicted molar refractivity (Wildman–Crippen MR) is 82.5 cm³/mol. The van der Waals surface area contributed by atoms with E-state index in [0.717, 1.165) is 24.5 Å². The molecule has 0 radical (unpaired) electrons. The second-order valence-corrected chi connectivity index (χ2v) is 7.21. The standard InChI is InChI=1S/C16H17NO3S/c1-21(18,19)15-5-3-14(4-6-15)17-11-12-2-7-16-13(10-12)8-9-20-16/h2-7,10,17H,8-9,11H2,1H3. The lowest BCUT2D eigenvalue weighted by Gasteiger charge is -2.08. The van der Waals surface area contributed by atoms with Crippen LogP contribution in [0.15, 0.2) is 47.4 Å². The van der Waals surface area contributed by atoms with Gasteiger partial charge in [-0.3, -0.25) is 0 Å². The van der Waals surface area contributed by atoms with Crippen LogP contribution in [0.2, 0.25) is 0 Å². The van der Waals surface area contributed by atoms with Crippen molar-refractivity contribution in [3.8, 4) is 5.75 Å². The van der Waals surface area contributed by atoms with E-state index in [1.54, 1.807) is 24.3 Å². The van der Waals surface area contributed by atoms with Crippen molar-refractivity contribution in [3.05, 3.63) is 53.6 Å². The van der Waals surface area contributed by atoms with Crippen LogP contribution in [-0.4, -0.2) is 21.3 Å². The molecule has 0 aliphatic carbocycles. The number of nitrogens with one attached hydrogen (secondary N) is 1. The molecule has 110 valence electrons. The van der Waals surface area contributed by atoms with E-state index < -0.39 is 9.84 Å². The van der Waals surface area contributed by atoms with Crippen LogP contribution >= 0.6 is 0 Å². The van der Waals surface area contributed by atoms with Crippen molar-refractivity contribution in [1.82, 2.24) is 0 Å². The summed E-state index contributed by atoms with van der Waals surface area (Å²) >= 11 is 0. The molecule has 0 saturated heterocycles. The maximum atomic E-state index is 11.4. The zero-order chi connectivity index (χ0) is 14.9. The molecule has 3 rings (SSSR count). The first kappa shape index (κ1) is 13.9. The summed E-state index contributed by atoms with van der Waals surface area (Å²) in [4.78, 5) is 0.336. The highest BCUT2D eigenvalue weighted by Gasteiger charge is 2.11. The third-order valence-corrected chi connectivity index (χ3v) is 4.66. The molecular formula is C16H17NO3S. The van der Waals surface area contributed by atoms with Gasteiger partial charge in [-0.1, -0.05) is 12.1 Å². The Balaban J connectivity index is 1.68. The second kappa shape index (κ2) is 5.41. The topological polar surface area (TPSA) is 55.4 Å². The summed E-state index contributed by atoms with van der Waals surface area (Å²) < 4.78 is 28.3. The van der Waals surface area contributed by atoms with Gasteiger partial charge in [0, 0.05) is 24.9 Å². The summed E-state index contributed by atoms with van der Waals surface area (Å²) in [5.74, 6) is 0.983. The van der Waals surface area contributed by atoms with Gasteiger partial charge in [-0.25, -0.2) is 8.42 Å². The first-order valence-corrected chi connectivity index (χ1v) is 8.70. The number of sulfone groups is 1. The van der Waals surface area contributed by atoms with Crippen LogP contribution in [-0.2, 0) is 22.8 Å². The molecule has 0 bridgehead atoms. The third kappa shape index (κ3) is 3.19. The Bertz CT molecular complexity index is 752. The molecule has 1 heterocycles. The van der Waals surface area contributed by atoms with Crippen LogP contribution in [0, 0.1) is 0 Å². The fraction of sp³-hybridized carbons (Fsp3) is 0.250. The maximum Gasteiger partial charge on any atom is 0.175 e. The molecule has 1 aliphatic rings. The number of hydrogen-bond donors (Lipinski definition) is 1. The van der Waals surface area contributed by atoms with Gasteiger partial charge in [0.1, 0.15) is 5.75 Å². The minimum absolute atomic E-state index is 0.336. The minimum Gasteiger partial charge on any atom is -0.493 e. The molecule has 2 aromatic rings. The number of benzene rings is 2. The Hall–Kier alpha value is -2.01. The monoisotopic (exact) mass is 303 g/mol. The molecule has 0 atom stereocenters. The molecule has 1 aliphatic heterocycles. The normalized spacial score (nSPS) is 13.6. The van der Waals surface area contributed by atoms with Gasteiger partial charge >= 0.3 is 0 Å². The largest absolute Gasteiger partial charge is 0.493 e. The van der Waals surface area contributed by atoms with E-state index in [4.69, 9.17) is 4.74 Å². The SMILES string of the molecule is CS(=O)(=O)c1ccc(NCc2ccc3c(c2)CCO3)cc1. The summed E-state index contributed by atoms with van der Waals surface area (Å²) in [6.45, 7) is 1.46. The van der Waals surface area contributed by atoms with Gasteiger partial charge < -0.3 is 10.1 Å². The lowest BCUT2D eigenvalue weighted by atomic mass is 10.1. The van der Waals surface area contributed by atoms with Crippen LogP contribution in [0.4, 0.5) is 5.69 Å². The average molecular weight is 303 g/mol. The molecule has 5 heteroatoms. The van der Waals surface area contributed by atoms with Gasteiger partial charge in [0.25, 0.3) is 0 Å². The zero-order valence-electron chi connectivity index (χ0n) is 11.8. The lowest BCUT2D eigenvalue weighted by molar-refractivity contribution is 0.357. The molecule has 2 aromatic carbocycles. The number of ether oxygens (including phenoxy) is 1. The first-order chi connectivity index (χ1) is 10.0. The van der Waals surface area contributed by atoms with E-state index in [9.17, 15) is 8.42 Å². The van der Waals surface area contributed by atoms with Gasteiger partial charge in [0.2, 0.25) is 0 Å². The number of anilines is 1.